The number of pyridine rings is 1. The zero-order chi connectivity index (χ0) is 13.1. The minimum atomic E-state index is -0.646. The van der Waals surface area contributed by atoms with Gasteiger partial charge in [0.15, 0.2) is 11.6 Å². The van der Waals surface area contributed by atoms with E-state index in [1.807, 2.05) is 0 Å². The Morgan fingerprint density at radius 3 is 2.78 bits per heavy atom. The second kappa shape index (κ2) is 5.27. The first-order valence-corrected chi connectivity index (χ1v) is 5.90. The zero-order valence-corrected chi connectivity index (χ0v) is 11.1. The summed E-state index contributed by atoms with van der Waals surface area (Å²) >= 11 is 3.28. The third kappa shape index (κ3) is 2.41. The Balaban J connectivity index is 2.50. The van der Waals surface area contributed by atoms with Gasteiger partial charge in [-0.05, 0) is 24.3 Å². The van der Waals surface area contributed by atoms with E-state index in [2.05, 4.69) is 20.9 Å². The fourth-order valence-electron chi connectivity index (χ4n) is 1.56. The molecule has 0 radical (unpaired) electrons. The molecule has 0 unspecified atom stereocenters. The van der Waals surface area contributed by atoms with E-state index in [0.717, 1.165) is 10.7 Å². The maximum Gasteiger partial charge on any atom is 0.199 e. The molecule has 0 N–H and O–H groups in total. The Kier molecular flexibility index (Phi) is 3.72. The maximum atomic E-state index is 13.5. The summed E-state index contributed by atoms with van der Waals surface area (Å²) in [5.74, 6) is -0.683. The average molecular weight is 310 g/mol. The normalized spacial score (nSPS) is 10.2. The van der Waals surface area contributed by atoms with Gasteiger partial charge in [0.05, 0.1) is 24.4 Å². The molecule has 0 aliphatic heterocycles. The van der Waals surface area contributed by atoms with Crippen LogP contribution in [-0.2, 0) is 0 Å². The number of carbonyl (C=O) groups is 1. The van der Waals surface area contributed by atoms with E-state index < -0.39 is 11.6 Å². The summed E-state index contributed by atoms with van der Waals surface area (Å²) < 4.78 is 19.4. The van der Waals surface area contributed by atoms with E-state index in [9.17, 15) is 9.18 Å². The lowest BCUT2D eigenvalue weighted by molar-refractivity contribution is 0.103. The highest BCUT2D eigenvalue weighted by Gasteiger charge is 2.17. The number of methoxy groups -OCH3 is 1. The molecule has 0 saturated carbocycles. The van der Waals surface area contributed by atoms with Gasteiger partial charge in [0.2, 0.25) is 0 Å². The summed E-state index contributed by atoms with van der Waals surface area (Å²) in [6.07, 6.45) is 2.39. The van der Waals surface area contributed by atoms with Gasteiger partial charge in [-0.3, -0.25) is 9.78 Å². The standard InChI is InChI=1S/C13H9BrFNO2/c1-18-12-6-8(14)2-3-10(12)13(17)9-4-5-16-7-11(9)15/h2-7H,1H3. The Bertz CT molecular complexity index is 601. The smallest absolute Gasteiger partial charge is 0.199 e. The number of ether oxygens (including phenoxy) is 1. The van der Waals surface area contributed by atoms with E-state index in [1.165, 1.54) is 19.4 Å². The molecule has 0 atom stereocenters. The van der Waals surface area contributed by atoms with Crippen LogP contribution < -0.4 is 4.74 Å². The number of carbonyl (C=O) groups excluding carboxylic acids is 1. The number of hydrogen-bond donors (Lipinski definition) is 0. The first-order chi connectivity index (χ1) is 8.63. The van der Waals surface area contributed by atoms with Gasteiger partial charge in [-0.1, -0.05) is 15.9 Å². The fraction of sp³-hybridized carbons (Fsp3) is 0.0769. The Hall–Kier alpha value is -1.75. The van der Waals surface area contributed by atoms with Gasteiger partial charge in [-0.2, -0.15) is 0 Å². The highest BCUT2D eigenvalue weighted by atomic mass is 79.9. The highest BCUT2D eigenvalue weighted by Crippen LogP contribution is 2.26. The number of ketones is 1. The fourth-order valence-corrected chi connectivity index (χ4v) is 1.90. The molecule has 1 aromatic carbocycles. The predicted molar refractivity (Wildman–Crippen MR) is 68.3 cm³/mol. The number of aromatic nitrogens is 1. The lowest BCUT2D eigenvalue weighted by Crippen LogP contribution is -2.06. The lowest BCUT2D eigenvalue weighted by atomic mass is 10.0. The predicted octanol–water partition coefficient (Wildman–Crippen LogP) is 3.22. The number of nitrogens with zero attached hydrogens (tertiary/aromatic N) is 1. The van der Waals surface area contributed by atoms with Crippen molar-refractivity contribution in [3.8, 4) is 5.75 Å². The molecule has 0 fully saturated rings. The van der Waals surface area contributed by atoms with Crippen molar-refractivity contribution in [1.82, 2.24) is 4.98 Å². The third-order valence-electron chi connectivity index (χ3n) is 2.43. The van der Waals surface area contributed by atoms with E-state index in [4.69, 9.17) is 4.74 Å². The van der Waals surface area contributed by atoms with Crippen LogP contribution in [0.25, 0.3) is 0 Å². The van der Waals surface area contributed by atoms with Crippen molar-refractivity contribution >= 4 is 21.7 Å². The third-order valence-corrected chi connectivity index (χ3v) is 2.92. The molecule has 0 saturated heterocycles. The molecule has 0 amide bonds. The Labute approximate surface area is 112 Å². The van der Waals surface area contributed by atoms with E-state index in [1.54, 1.807) is 18.2 Å². The summed E-state index contributed by atoms with van der Waals surface area (Å²) in [5.41, 5.74) is 0.288. The molecule has 3 nitrogen and oxygen atoms in total. The van der Waals surface area contributed by atoms with E-state index >= 15 is 0 Å². The largest absolute Gasteiger partial charge is 0.496 e. The number of benzene rings is 1. The minimum absolute atomic E-state index is 0.0226. The van der Waals surface area contributed by atoms with Gasteiger partial charge in [-0.15, -0.1) is 0 Å². The van der Waals surface area contributed by atoms with Crippen molar-refractivity contribution in [2.75, 3.05) is 7.11 Å². The molecule has 5 heteroatoms. The van der Waals surface area contributed by atoms with E-state index in [-0.39, 0.29) is 5.56 Å². The van der Waals surface area contributed by atoms with Gasteiger partial charge in [0.1, 0.15) is 5.75 Å². The number of halogens is 2. The highest BCUT2D eigenvalue weighted by molar-refractivity contribution is 9.10. The second-order valence-electron chi connectivity index (χ2n) is 3.53. The molecular weight excluding hydrogens is 301 g/mol. The molecule has 1 heterocycles. The van der Waals surface area contributed by atoms with Crippen LogP contribution in [0, 0.1) is 5.82 Å². The molecule has 0 aliphatic carbocycles. The Morgan fingerprint density at radius 1 is 1.33 bits per heavy atom. The van der Waals surface area contributed by atoms with Gasteiger partial charge in [0.25, 0.3) is 0 Å². The van der Waals surface area contributed by atoms with Crippen LogP contribution in [0.4, 0.5) is 4.39 Å². The van der Waals surface area contributed by atoms with Crippen LogP contribution in [0.1, 0.15) is 15.9 Å². The van der Waals surface area contributed by atoms with Crippen LogP contribution >= 0.6 is 15.9 Å². The van der Waals surface area contributed by atoms with Crippen LogP contribution in [0.3, 0.4) is 0 Å². The van der Waals surface area contributed by atoms with Crippen molar-refractivity contribution in [3.63, 3.8) is 0 Å². The molecule has 0 spiro atoms. The molecule has 2 rings (SSSR count). The number of hydrogen-bond acceptors (Lipinski definition) is 3. The summed E-state index contributed by atoms with van der Waals surface area (Å²) in [7, 11) is 1.46. The first kappa shape index (κ1) is 12.7. The second-order valence-corrected chi connectivity index (χ2v) is 4.44. The van der Waals surface area contributed by atoms with Crippen LogP contribution in [0.15, 0.2) is 41.1 Å². The van der Waals surface area contributed by atoms with Crippen LogP contribution in [0.5, 0.6) is 5.75 Å². The van der Waals surface area contributed by atoms with Crippen molar-refractivity contribution in [1.29, 1.82) is 0 Å². The van der Waals surface area contributed by atoms with Crippen molar-refractivity contribution in [3.05, 3.63) is 58.1 Å². The van der Waals surface area contributed by atoms with Crippen LogP contribution in [0.2, 0.25) is 0 Å². The minimum Gasteiger partial charge on any atom is -0.496 e. The van der Waals surface area contributed by atoms with Crippen molar-refractivity contribution < 1.29 is 13.9 Å². The molecule has 0 bridgehead atoms. The summed E-state index contributed by atoms with van der Waals surface area (Å²) in [6.45, 7) is 0. The molecule has 18 heavy (non-hydrogen) atoms. The molecule has 1 aromatic heterocycles. The molecule has 0 aliphatic rings. The molecule has 2 aromatic rings. The zero-order valence-electron chi connectivity index (χ0n) is 9.48. The van der Waals surface area contributed by atoms with Crippen LogP contribution in [-0.4, -0.2) is 17.9 Å². The summed E-state index contributed by atoms with van der Waals surface area (Å²) in [4.78, 5) is 15.8. The number of rotatable bonds is 3. The van der Waals surface area contributed by atoms with Gasteiger partial charge >= 0.3 is 0 Å². The summed E-state index contributed by atoms with van der Waals surface area (Å²) in [5, 5.41) is 0. The Morgan fingerprint density at radius 2 is 2.11 bits per heavy atom. The average Bonchev–Trinajstić information content (AvgIpc) is 2.38. The van der Waals surface area contributed by atoms with Gasteiger partial charge in [-0.25, -0.2) is 4.39 Å². The van der Waals surface area contributed by atoms with Crippen molar-refractivity contribution in [2.45, 2.75) is 0 Å². The van der Waals surface area contributed by atoms with Gasteiger partial charge < -0.3 is 4.74 Å². The van der Waals surface area contributed by atoms with Crippen molar-refractivity contribution in [2.24, 2.45) is 0 Å². The topological polar surface area (TPSA) is 39.2 Å². The van der Waals surface area contributed by atoms with Gasteiger partial charge in [0, 0.05) is 10.7 Å². The quantitative estimate of drug-likeness (QED) is 0.817. The van der Waals surface area contributed by atoms with E-state index in [0.29, 0.717) is 11.3 Å². The summed E-state index contributed by atoms with van der Waals surface area (Å²) in [6, 6.07) is 6.30. The monoisotopic (exact) mass is 309 g/mol. The lowest BCUT2D eigenvalue weighted by Gasteiger charge is -2.08. The molecular formula is C13H9BrFNO2. The SMILES string of the molecule is COc1cc(Br)ccc1C(=O)c1ccncc1F. The molecule has 92 valence electrons. The first-order valence-electron chi connectivity index (χ1n) is 5.11. The maximum absolute atomic E-state index is 13.5.